The molecule has 2 rings (SSSR count). The van der Waals surface area contributed by atoms with E-state index in [2.05, 4.69) is 12.2 Å². The SMILES string of the molecule is CCCNC1(C(=O)OCC)CCC(OCC2CC2)C1. The molecule has 2 aliphatic rings. The predicted molar refractivity (Wildman–Crippen MR) is 74.0 cm³/mol. The lowest BCUT2D eigenvalue weighted by Gasteiger charge is -2.28. The molecule has 0 aromatic heterocycles. The zero-order valence-corrected chi connectivity index (χ0v) is 12.2. The molecule has 0 amide bonds. The van der Waals surface area contributed by atoms with E-state index in [0.717, 1.165) is 44.8 Å². The molecule has 1 N–H and O–H groups in total. The van der Waals surface area contributed by atoms with Gasteiger partial charge in [0, 0.05) is 13.0 Å². The lowest BCUT2D eigenvalue weighted by atomic mass is 9.97. The van der Waals surface area contributed by atoms with Gasteiger partial charge in [0.1, 0.15) is 5.54 Å². The number of ether oxygens (including phenoxy) is 2. The summed E-state index contributed by atoms with van der Waals surface area (Å²) in [5, 5.41) is 3.41. The van der Waals surface area contributed by atoms with Crippen LogP contribution in [0.25, 0.3) is 0 Å². The van der Waals surface area contributed by atoms with Crippen molar-refractivity contribution >= 4 is 5.97 Å². The summed E-state index contributed by atoms with van der Waals surface area (Å²) >= 11 is 0. The number of hydrogen-bond acceptors (Lipinski definition) is 4. The Morgan fingerprint density at radius 2 is 2.11 bits per heavy atom. The average Bonchev–Trinajstić information content (AvgIpc) is 3.14. The van der Waals surface area contributed by atoms with Gasteiger partial charge in [0.05, 0.1) is 12.7 Å². The van der Waals surface area contributed by atoms with E-state index >= 15 is 0 Å². The summed E-state index contributed by atoms with van der Waals surface area (Å²) in [4.78, 5) is 12.2. The zero-order valence-electron chi connectivity index (χ0n) is 12.2. The molecule has 2 atom stereocenters. The second kappa shape index (κ2) is 6.71. The number of rotatable bonds is 8. The fourth-order valence-corrected chi connectivity index (χ4v) is 2.75. The van der Waals surface area contributed by atoms with Crippen molar-refractivity contribution in [2.75, 3.05) is 19.8 Å². The fraction of sp³-hybridized carbons (Fsp3) is 0.933. The lowest BCUT2D eigenvalue weighted by molar-refractivity contribution is -0.151. The van der Waals surface area contributed by atoms with Crippen LogP contribution in [-0.4, -0.2) is 37.4 Å². The van der Waals surface area contributed by atoms with E-state index in [4.69, 9.17) is 9.47 Å². The molecule has 0 radical (unpaired) electrons. The minimum Gasteiger partial charge on any atom is -0.465 e. The highest BCUT2D eigenvalue weighted by atomic mass is 16.5. The summed E-state index contributed by atoms with van der Waals surface area (Å²) in [6.07, 6.45) is 6.42. The van der Waals surface area contributed by atoms with Gasteiger partial charge >= 0.3 is 5.97 Å². The maximum absolute atomic E-state index is 12.2. The molecule has 4 nitrogen and oxygen atoms in total. The Bertz CT molecular complexity index is 304. The van der Waals surface area contributed by atoms with Crippen molar-refractivity contribution in [3.63, 3.8) is 0 Å². The molecule has 0 bridgehead atoms. The van der Waals surface area contributed by atoms with Crippen LogP contribution >= 0.6 is 0 Å². The normalized spacial score (nSPS) is 30.5. The Hall–Kier alpha value is -0.610. The van der Waals surface area contributed by atoms with E-state index in [9.17, 15) is 4.79 Å². The highest BCUT2D eigenvalue weighted by Gasteiger charge is 2.46. The average molecular weight is 269 g/mol. The first kappa shape index (κ1) is 14.8. The summed E-state index contributed by atoms with van der Waals surface area (Å²) in [6, 6.07) is 0. The molecule has 0 spiro atoms. The van der Waals surface area contributed by atoms with Crippen LogP contribution < -0.4 is 5.32 Å². The van der Waals surface area contributed by atoms with Crippen molar-refractivity contribution in [1.82, 2.24) is 5.32 Å². The maximum atomic E-state index is 12.2. The van der Waals surface area contributed by atoms with Crippen LogP contribution in [0.4, 0.5) is 0 Å². The van der Waals surface area contributed by atoms with Crippen molar-refractivity contribution in [2.24, 2.45) is 5.92 Å². The molecule has 0 aliphatic heterocycles. The van der Waals surface area contributed by atoms with Gasteiger partial charge in [-0.2, -0.15) is 0 Å². The Balaban J connectivity index is 1.88. The first-order valence-corrected chi connectivity index (χ1v) is 7.74. The zero-order chi connectivity index (χ0) is 13.7. The van der Waals surface area contributed by atoms with Gasteiger partial charge in [-0.05, 0) is 51.5 Å². The van der Waals surface area contributed by atoms with Crippen molar-refractivity contribution in [3.8, 4) is 0 Å². The van der Waals surface area contributed by atoms with Crippen molar-refractivity contribution in [1.29, 1.82) is 0 Å². The second-order valence-electron chi connectivity index (χ2n) is 5.87. The minimum atomic E-state index is -0.500. The standard InChI is InChI=1S/C15H27NO3/c1-3-9-16-15(14(17)18-4-2)8-7-13(10-15)19-11-12-5-6-12/h12-13,16H,3-11H2,1-2H3. The van der Waals surface area contributed by atoms with Gasteiger partial charge in [0.2, 0.25) is 0 Å². The molecular weight excluding hydrogens is 242 g/mol. The van der Waals surface area contributed by atoms with Crippen LogP contribution in [0, 0.1) is 5.92 Å². The van der Waals surface area contributed by atoms with Crippen LogP contribution in [0.1, 0.15) is 52.4 Å². The van der Waals surface area contributed by atoms with Crippen LogP contribution in [0.5, 0.6) is 0 Å². The third kappa shape index (κ3) is 3.93. The van der Waals surface area contributed by atoms with Gasteiger partial charge in [-0.25, -0.2) is 0 Å². The fourth-order valence-electron chi connectivity index (χ4n) is 2.75. The second-order valence-corrected chi connectivity index (χ2v) is 5.87. The number of carbonyl (C=O) groups excluding carboxylic acids is 1. The first-order chi connectivity index (χ1) is 9.20. The molecule has 4 heteroatoms. The molecule has 2 saturated carbocycles. The van der Waals surface area contributed by atoms with Crippen LogP contribution in [0.15, 0.2) is 0 Å². The van der Waals surface area contributed by atoms with E-state index in [1.54, 1.807) is 0 Å². The van der Waals surface area contributed by atoms with E-state index in [0.29, 0.717) is 6.61 Å². The van der Waals surface area contributed by atoms with Gasteiger partial charge in [-0.1, -0.05) is 6.92 Å². The molecule has 0 heterocycles. The molecule has 110 valence electrons. The maximum Gasteiger partial charge on any atom is 0.326 e. The van der Waals surface area contributed by atoms with Crippen LogP contribution in [-0.2, 0) is 14.3 Å². The van der Waals surface area contributed by atoms with Gasteiger partial charge in [0.25, 0.3) is 0 Å². The smallest absolute Gasteiger partial charge is 0.326 e. The van der Waals surface area contributed by atoms with Crippen molar-refractivity contribution < 1.29 is 14.3 Å². The van der Waals surface area contributed by atoms with Crippen molar-refractivity contribution in [3.05, 3.63) is 0 Å². The molecule has 0 saturated heterocycles. The Kier molecular flexibility index (Phi) is 5.22. The highest BCUT2D eigenvalue weighted by molar-refractivity contribution is 5.81. The van der Waals surface area contributed by atoms with Crippen LogP contribution in [0.3, 0.4) is 0 Å². The summed E-state index contributed by atoms with van der Waals surface area (Å²) in [7, 11) is 0. The molecule has 0 aromatic rings. The highest BCUT2D eigenvalue weighted by Crippen LogP contribution is 2.35. The Labute approximate surface area is 116 Å². The molecular formula is C15H27NO3. The topological polar surface area (TPSA) is 47.6 Å². The number of nitrogens with one attached hydrogen (secondary N) is 1. The monoisotopic (exact) mass is 269 g/mol. The van der Waals surface area contributed by atoms with Gasteiger partial charge in [0.15, 0.2) is 0 Å². The van der Waals surface area contributed by atoms with E-state index in [-0.39, 0.29) is 12.1 Å². The molecule has 2 unspecified atom stereocenters. The molecule has 19 heavy (non-hydrogen) atoms. The number of hydrogen-bond donors (Lipinski definition) is 1. The number of carbonyl (C=O) groups is 1. The lowest BCUT2D eigenvalue weighted by Crippen LogP contribution is -2.51. The van der Waals surface area contributed by atoms with Gasteiger partial charge < -0.3 is 14.8 Å². The largest absolute Gasteiger partial charge is 0.465 e. The summed E-state index contributed by atoms with van der Waals surface area (Å²) in [6.45, 7) is 6.15. The van der Waals surface area contributed by atoms with E-state index in [1.807, 2.05) is 6.92 Å². The van der Waals surface area contributed by atoms with Gasteiger partial charge in [-0.15, -0.1) is 0 Å². The number of esters is 1. The summed E-state index contributed by atoms with van der Waals surface area (Å²) in [5.74, 6) is 0.683. The van der Waals surface area contributed by atoms with Crippen molar-refractivity contribution in [2.45, 2.75) is 64.0 Å². The van der Waals surface area contributed by atoms with Crippen LogP contribution in [0.2, 0.25) is 0 Å². The molecule has 0 aromatic carbocycles. The summed E-state index contributed by atoms with van der Waals surface area (Å²) < 4.78 is 11.2. The van der Waals surface area contributed by atoms with E-state index < -0.39 is 5.54 Å². The molecule has 2 fully saturated rings. The van der Waals surface area contributed by atoms with Gasteiger partial charge in [-0.3, -0.25) is 4.79 Å². The quantitative estimate of drug-likeness (QED) is 0.687. The summed E-state index contributed by atoms with van der Waals surface area (Å²) in [5.41, 5.74) is -0.500. The first-order valence-electron chi connectivity index (χ1n) is 7.74. The predicted octanol–water partition coefficient (Wildman–Crippen LogP) is 2.27. The third-order valence-electron chi connectivity index (χ3n) is 4.11. The Morgan fingerprint density at radius 1 is 1.32 bits per heavy atom. The molecule has 2 aliphatic carbocycles. The minimum absolute atomic E-state index is 0.0963. The Morgan fingerprint density at radius 3 is 2.74 bits per heavy atom. The van der Waals surface area contributed by atoms with E-state index in [1.165, 1.54) is 12.8 Å². The third-order valence-corrected chi connectivity index (χ3v) is 4.11.